The summed E-state index contributed by atoms with van der Waals surface area (Å²) < 4.78 is 17.1. The van der Waals surface area contributed by atoms with Gasteiger partial charge in [-0.1, -0.05) is 46.1 Å². The summed E-state index contributed by atoms with van der Waals surface area (Å²) in [6.07, 6.45) is 9.21. The van der Waals surface area contributed by atoms with Crippen molar-refractivity contribution >= 4 is 34.8 Å². The van der Waals surface area contributed by atoms with Crippen molar-refractivity contribution in [3.63, 3.8) is 0 Å². The van der Waals surface area contributed by atoms with E-state index in [1.807, 2.05) is 59.7 Å². The lowest BCUT2D eigenvalue weighted by molar-refractivity contribution is 0.216. The molecule has 2 aliphatic rings. The Hall–Kier alpha value is -5.99. The molecule has 4 heterocycles. The van der Waals surface area contributed by atoms with E-state index >= 15 is 0 Å². The molecule has 0 spiro atoms. The van der Waals surface area contributed by atoms with Gasteiger partial charge in [0.25, 0.3) is 0 Å². The molecule has 0 atom stereocenters. The number of rotatable bonds is 10. The van der Waals surface area contributed by atoms with Gasteiger partial charge in [0.05, 0.1) is 6.10 Å². The molecule has 8 rings (SSSR count). The smallest absolute Gasteiger partial charge is 0.315 e. The molecule has 2 aromatic carbocycles. The van der Waals surface area contributed by atoms with Crippen LogP contribution in [0.2, 0.25) is 5.15 Å². The maximum atomic E-state index is 8.06. The molecule has 0 fully saturated rings. The minimum atomic E-state index is -0.167. The second-order valence-electron chi connectivity index (χ2n) is 14.5. The number of aliphatic hydroxyl groups excluding tert-OH is 1. The van der Waals surface area contributed by atoms with Crippen LogP contribution in [0.25, 0.3) is 34.1 Å². The predicted molar refractivity (Wildman–Crippen MR) is 221 cm³/mol. The van der Waals surface area contributed by atoms with Crippen molar-refractivity contribution in [2.75, 3.05) is 10.6 Å². The number of aliphatic hydroxyl groups is 1. The monoisotopic (exact) mass is 790 g/mol. The molecule has 0 saturated heterocycles. The van der Waals surface area contributed by atoms with E-state index in [0.717, 1.165) is 46.2 Å². The maximum absolute atomic E-state index is 8.06. The van der Waals surface area contributed by atoms with Crippen LogP contribution in [0.5, 0.6) is 5.88 Å². The van der Waals surface area contributed by atoms with Crippen LogP contribution in [0.4, 0.5) is 12.0 Å². The number of hydrogen-bond donors (Lipinski definition) is 3. The lowest BCUT2D eigenvalue weighted by atomic mass is 10.0. The zero-order chi connectivity index (χ0) is 40.6. The van der Waals surface area contributed by atoms with E-state index in [4.69, 9.17) is 30.3 Å². The SMILES string of the molecule is CC(C)Nc1nnc(-c2ccc3c(c2)C(c2nccc(Cl)n2)=CC3)o1.CC(C)Nc1nnc(-c2ccc3c(c2)C(c2nccc(OC(C)C)n2)=CC3)o1.CC(C)O. The highest BCUT2D eigenvalue weighted by Crippen LogP contribution is 2.36. The Morgan fingerprint density at radius 3 is 1.58 bits per heavy atom. The first-order valence-electron chi connectivity index (χ1n) is 18.9. The van der Waals surface area contributed by atoms with E-state index in [1.165, 1.54) is 11.1 Å². The molecule has 0 aliphatic heterocycles. The number of ether oxygens (including phenoxy) is 1. The van der Waals surface area contributed by atoms with Crippen LogP contribution in [-0.4, -0.2) is 69.7 Å². The number of nitrogens with one attached hydrogen (secondary N) is 2. The van der Waals surface area contributed by atoms with Crippen LogP contribution >= 0.6 is 11.6 Å². The van der Waals surface area contributed by atoms with Crippen LogP contribution in [0.3, 0.4) is 0 Å². The Morgan fingerprint density at radius 1 is 0.649 bits per heavy atom. The molecule has 0 unspecified atom stereocenters. The fourth-order valence-electron chi connectivity index (χ4n) is 5.88. The van der Waals surface area contributed by atoms with E-state index in [0.29, 0.717) is 46.5 Å². The molecule has 0 saturated carbocycles. The van der Waals surface area contributed by atoms with E-state index < -0.39 is 0 Å². The second kappa shape index (κ2) is 18.3. The minimum Gasteiger partial charge on any atom is -0.475 e. The van der Waals surface area contributed by atoms with Crippen LogP contribution < -0.4 is 15.4 Å². The number of fused-ring (bicyclic) bond motifs is 2. The molecule has 6 aromatic rings. The van der Waals surface area contributed by atoms with E-state index in [1.54, 1.807) is 38.4 Å². The third kappa shape index (κ3) is 10.7. The lowest BCUT2D eigenvalue weighted by Crippen LogP contribution is -2.09. The number of hydrogen-bond acceptors (Lipinski definition) is 14. The van der Waals surface area contributed by atoms with Gasteiger partial charge in [0, 0.05) is 58.9 Å². The number of aromatic nitrogens is 8. The Balaban J connectivity index is 0.000000177. The highest BCUT2D eigenvalue weighted by Gasteiger charge is 2.22. The summed E-state index contributed by atoms with van der Waals surface area (Å²) in [5.41, 5.74) is 8.26. The van der Waals surface area contributed by atoms with Gasteiger partial charge in [0.15, 0.2) is 11.6 Å². The van der Waals surface area contributed by atoms with Crippen molar-refractivity contribution in [2.24, 2.45) is 0 Å². The summed E-state index contributed by atoms with van der Waals surface area (Å²) in [5.74, 6) is 2.81. The largest absolute Gasteiger partial charge is 0.475 e. The third-order valence-corrected chi connectivity index (χ3v) is 8.32. The average molecular weight is 791 g/mol. The van der Waals surface area contributed by atoms with Gasteiger partial charge in [-0.15, -0.1) is 10.2 Å². The molecule has 2 aliphatic carbocycles. The van der Waals surface area contributed by atoms with E-state index in [9.17, 15) is 0 Å². The van der Waals surface area contributed by atoms with Gasteiger partial charge in [0.2, 0.25) is 17.7 Å². The Bertz CT molecular complexity index is 2360. The number of allylic oxidation sites excluding steroid dienone is 2. The Morgan fingerprint density at radius 2 is 1.12 bits per heavy atom. The van der Waals surface area contributed by atoms with Crippen molar-refractivity contribution in [1.82, 2.24) is 40.3 Å². The van der Waals surface area contributed by atoms with Crippen molar-refractivity contribution in [1.29, 1.82) is 0 Å². The van der Waals surface area contributed by atoms with Crippen molar-refractivity contribution in [2.45, 2.75) is 92.5 Å². The van der Waals surface area contributed by atoms with Gasteiger partial charge in [0.1, 0.15) is 5.15 Å². The number of nitrogens with zero attached hydrogens (tertiary/aromatic N) is 8. The average Bonchev–Trinajstić information content (AvgIpc) is 3.97. The molecule has 15 heteroatoms. The minimum absolute atomic E-state index is 0.0605. The summed E-state index contributed by atoms with van der Waals surface area (Å²) in [7, 11) is 0. The molecule has 296 valence electrons. The summed E-state index contributed by atoms with van der Waals surface area (Å²) in [4.78, 5) is 17.7. The number of benzene rings is 2. The standard InChI is InChI=1S/C21H23N5O2.C18H16ClN5O.C3H8O/c1-12(2)23-21-26-25-20(28-21)15-6-5-14-7-8-16(17(14)11-15)19-22-10-9-18(24-19)27-13(3)4;1-10(2)21-18-24-23-17(25-18)12-4-3-11-5-6-13(14(11)9-12)16-20-8-7-15(19)22-16;1-3(2)4/h5-6,8-13H,7H2,1-4H3,(H,23,26);3-4,6-10H,5H2,1-2H3,(H,21,24);3-4H,1-2H3. The first kappa shape index (κ1) is 40.7. The van der Waals surface area contributed by atoms with Gasteiger partial charge < -0.3 is 29.3 Å². The Kier molecular flexibility index (Phi) is 13.1. The molecule has 0 bridgehead atoms. The molecular weight excluding hydrogens is 744 g/mol. The quantitative estimate of drug-likeness (QED) is 0.112. The van der Waals surface area contributed by atoms with Gasteiger partial charge in [-0.05, 0) is 121 Å². The molecule has 0 radical (unpaired) electrons. The molecule has 57 heavy (non-hydrogen) atoms. The molecular formula is C42H47ClN10O4. The van der Waals surface area contributed by atoms with E-state index in [2.05, 4.69) is 81.3 Å². The fraction of sp³-hybridized carbons (Fsp3) is 0.333. The topological polar surface area (TPSA) is 183 Å². The van der Waals surface area contributed by atoms with Gasteiger partial charge in [-0.3, -0.25) is 0 Å². The third-order valence-electron chi connectivity index (χ3n) is 8.11. The van der Waals surface area contributed by atoms with Crippen LogP contribution in [0, 0.1) is 0 Å². The zero-order valence-electron chi connectivity index (χ0n) is 33.3. The first-order valence-corrected chi connectivity index (χ1v) is 19.3. The van der Waals surface area contributed by atoms with Crippen molar-refractivity contribution < 1.29 is 18.7 Å². The Labute approximate surface area is 337 Å². The number of anilines is 2. The second-order valence-corrected chi connectivity index (χ2v) is 14.9. The van der Waals surface area contributed by atoms with E-state index in [-0.39, 0.29) is 24.3 Å². The lowest BCUT2D eigenvalue weighted by Gasteiger charge is -2.10. The summed E-state index contributed by atoms with van der Waals surface area (Å²) in [5, 5.41) is 31.1. The van der Waals surface area contributed by atoms with Crippen molar-refractivity contribution in [3.8, 4) is 28.8 Å². The van der Waals surface area contributed by atoms with Crippen LogP contribution in [0.1, 0.15) is 89.3 Å². The highest BCUT2D eigenvalue weighted by molar-refractivity contribution is 6.29. The van der Waals surface area contributed by atoms with Crippen molar-refractivity contribution in [3.05, 3.63) is 112 Å². The fourth-order valence-corrected chi connectivity index (χ4v) is 6.02. The summed E-state index contributed by atoms with van der Waals surface area (Å²) >= 11 is 6.00. The van der Waals surface area contributed by atoms with Gasteiger partial charge in [-0.25, -0.2) is 15.0 Å². The van der Waals surface area contributed by atoms with Gasteiger partial charge >= 0.3 is 12.0 Å². The predicted octanol–water partition coefficient (Wildman–Crippen LogP) is 8.50. The highest BCUT2D eigenvalue weighted by atomic mass is 35.5. The molecule has 14 nitrogen and oxygen atoms in total. The molecule has 4 aromatic heterocycles. The van der Waals surface area contributed by atoms with Crippen LogP contribution in [0.15, 0.2) is 81.9 Å². The first-order chi connectivity index (χ1) is 27.3. The molecule has 0 amide bonds. The van der Waals surface area contributed by atoms with Gasteiger partial charge in [-0.2, -0.15) is 4.98 Å². The number of halogens is 1. The maximum Gasteiger partial charge on any atom is 0.315 e. The zero-order valence-corrected chi connectivity index (χ0v) is 34.0. The normalized spacial score (nSPS) is 12.7. The summed E-state index contributed by atoms with van der Waals surface area (Å²) in [6, 6.07) is 17.0. The van der Waals surface area contributed by atoms with Crippen LogP contribution in [-0.2, 0) is 12.8 Å². The summed E-state index contributed by atoms with van der Waals surface area (Å²) in [6.45, 7) is 15.5. The molecule has 3 N–H and O–H groups in total.